The minimum absolute atomic E-state index is 0.0698. The Bertz CT molecular complexity index is 1080. The standard InChI is InChI=1S/C20H16BrN3O5/c1-23(2)15-5-3-11(8-14(15)21)7-13-18(25)22-20(27)24(19(13)26)12-4-6-16-17(9-12)29-10-28-16/h3-9H,10H2,1-2H3,(H,22,25,27)/b13-7+. The van der Waals surface area contributed by atoms with Crippen molar-refractivity contribution >= 4 is 51.2 Å². The number of halogens is 1. The van der Waals surface area contributed by atoms with Crippen molar-refractivity contribution in [3.63, 3.8) is 0 Å². The molecule has 2 aliphatic heterocycles. The van der Waals surface area contributed by atoms with Gasteiger partial charge in [0.2, 0.25) is 6.79 Å². The summed E-state index contributed by atoms with van der Waals surface area (Å²) >= 11 is 3.48. The molecule has 0 bridgehead atoms. The van der Waals surface area contributed by atoms with Crippen LogP contribution in [0.2, 0.25) is 0 Å². The maximum Gasteiger partial charge on any atom is 0.335 e. The fraction of sp³-hybridized carbons (Fsp3) is 0.150. The highest BCUT2D eigenvalue weighted by Gasteiger charge is 2.37. The molecule has 2 aromatic carbocycles. The maximum atomic E-state index is 13.0. The molecule has 0 unspecified atom stereocenters. The summed E-state index contributed by atoms with van der Waals surface area (Å²) in [5.74, 6) is -0.514. The molecule has 4 amide bonds. The van der Waals surface area contributed by atoms with Gasteiger partial charge in [0.25, 0.3) is 11.8 Å². The van der Waals surface area contributed by atoms with E-state index >= 15 is 0 Å². The van der Waals surface area contributed by atoms with E-state index in [4.69, 9.17) is 9.47 Å². The summed E-state index contributed by atoms with van der Waals surface area (Å²) in [7, 11) is 3.82. The first-order valence-corrected chi connectivity index (χ1v) is 9.42. The molecule has 8 nitrogen and oxygen atoms in total. The zero-order valence-electron chi connectivity index (χ0n) is 15.6. The smallest absolute Gasteiger partial charge is 0.335 e. The molecule has 0 spiro atoms. The molecule has 148 valence electrons. The van der Waals surface area contributed by atoms with Gasteiger partial charge >= 0.3 is 6.03 Å². The maximum absolute atomic E-state index is 13.0. The predicted octanol–water partition coefficient (Wildman–Crippen LogP) is 2.91. The van der Waals surface area contributed by atoms with Gasteiger partial charge in [-0.05, 0) is 51.8 Å². The van der Waals surface area contributed by atoms with Gasteiger partial charge in [-0.3, -0.25) is 14.9 Å². The van der Waals surface area contributed by atoms with Gasteiger partial charge in [-0.15, -0.1) is 0 Å². The monoisotopic (exact) mass is 457 g/mol. The van der Waals surface area contributed by atoms with Crippen LogP contribution in [-0.2, 0) is 9.59 Å². The first-order chi connectivity index (χ1) is 13.8. The van der Waals surface area contributed by atoms with Gasteiger partial charge < -0.3 is 14.4 Å². The molecule has 1 saturated heterocycles. The molecular formula is C20H16BrN3O5. The second-order valence-corrected chi connectivity index (χ2v) is 7.46. The summed E-state index contributed by atoms with van der Waals surface area (Å²) < 4.78 is 11.4. The highest BCUT2D eigenvalue weighted by molar-refractivity contribution is 9.10. The van der Waals surface area contributed by atoms with Gasteiger partial charge in [-0.25, -0.2) is 9.69 Å². The van der Waals surface area contributed by atoms with Crippen LogP contribution in [0, 0.1) is 0 Å². The minimum Gasteiger partial charge on any atom is -0.454 e. The van der Waals surface area contributed by atoms with Gasteiger partial charge in [0.15, 0.2) is 11.5 Å². The van der Waals surface area contributed by atoms with Crippen LogP contribution in [0.25, 0.3) is 6.08 Å². The van der Waals surface area contributed by atoms with E-state index in [0.717, 1.165) is 15.1 Å². The third-order valence-corrected chi connectivity index (χ3v) is 5.12. The molecule has 2 heterocycles. The van der Waals surface area contributed by atoms with Gasteiger partial charge in [0, 0.05) is 24.6 Å². The molecule has 4 rings (SSSR count). The van der Waals surface area contributed by atoms with Gasteiger partial charge in [0.05, 0.1) is 11.4 Å². The Balaban J connectivity index is 1.70. The van der Waals surface area contributed by atoms with Crippen molar-refractivity contribution in [2.24, 2.45) is 0 Å². The second kappa shape index (κ2) is 7.25. The molecule has 2 aromatic rings. The lowest BCUT2D eigenvalue weighted by molar-refractivity contribution is -0.122. The number of amides is 4. The van der Waals surface area contributed by atoms with E-state index in [1.807, 2.05) is 25.1 Å². The highest BCUT2D eigenvalue weighted by Crippen LogP contribution is 2.36. The molecule has 0 radical (unpaired) electrons. The van der Waals surface area contributed by atoms with E-state index in [0.29, 0.717) is 17.1 Å². The average molecular weight is 458 g/mol. The predicted molar refractivity (Wildman–Crippen MR) is 110 cm³/mol. The van der Waals surface area contributed by atoms with E-state index in [1.165, 1.54) is 12.1 Å². The molecule has 0 aromatic heterocycles. The summed E-state index contributed by atoms with van der Waals surface area (Å²) in [6.07, 6.45) is 1.45. The number of barbiturate groups is 1. The molecule has 9 heteroatoms. The molecule has 29 heavy (non-hydrogen) atoms. The van der Waals surface area contributed by atoms with Crippen molar-refractivity contribution in [1.82, 2.24) is 5.32 Å². The van der Waals surface area contributed by atoms with Crippen LogP contribution in [0.15, 0.2) is 46.4 Å². The van der Waals surface area contributed by atoms with Crippen molar-refractivity contribution in [3.05, 3.63) is 52.0 Å². The van der Waals surface area contributed by atoms with Gasteiger partial charge in [-0.1, -0.05) is 6.07 Å². The van der Waals surface area contributed by atoms with Crippen LogP contribution in [0.3, 0.4) is 0 Å². The molecular weight excluding hydrogens is 442 g/mol. The lowest BCUT2D eigenvalue weighted by atomic mass is 10.1. The molecule has 0 aliphatic carbocycles. The van der Waals surface area contributed by atoms with E-state index in [-0.39, 0.29) is 18.1 Å². The topological polar surface area (TPSA) is 88.2 Å². The van der Waals surface area contributed by atoms with E-state index in [2.05, 4.69) is 21.2 Å². The number of carbonyl (C=O) groups is 3. The van der Waals surface area contributed by atoms with Crippen LogP contribution in [0.5, 0.6) is 11.5 Å². The normalized spacial score (nSPS) is 17.0. The summed E-state index contributed by atoms with van der Waals surface area (Å²) in [5.41, 5.74) is 1.72. The Kier molecular flexibility index (Phi) is 4.75. The fourth-order valence-corrected chi connectivity index (χ4v) is 3.81. The molecule has 0 atom stereocenters. The fourth-order valence-electron chi connectivity index (χ4n) is 3.06. The third-order valence-electron chi connectivity index (χ3n) is 4.48. The number of anilines is 2. The Morgan fingerprint density at radius 3 is 2.55 bits per heavy atom. The van der Waals surface area contributed by atoms with Gasteiger partial charge in [-0.2, -0.15) is 0 Å². The summed E-state index contributed by atoms with van der Waals surface area (Å²) in [6, 6.07) is 9.31. The van der Waals surface area contributed by atoms with E-state index in [1.54, 1.807) is 24.3 Å². The minimum atomic E-state index is -0.819. The first-order valence-electron chi connectivity index (χ1n) is 8.63. The first kappa shape index (κ1) is 19.0. The number of rotatable bonds is 3. The largest absolute Gasteiger partial charge is 0.454 e. The van der Waals surface area contributed by atoms with Crippen LogP contribution < -0.4 is 24.6 Å². The van der Waals surface area contributed by atoms with Gasteiger partial charge in [0.1, 0.15) is 5.57 Å². The Hall–Kier alpha value is -3.33. The Morgan fingerprint density at radius 2 is 1.83 bits per heavy atom. The summed E-state index contributed by atoms with van der Waals surface area (Å²) in [4.78, 5) is 40.5. The van der Waals surface area contributed by atoms with Crippen molar-refractivity contribution in [3.8, 4) is 11.5 Å². The molecule has 1 fully saturated rings. The lowest BCUT2D eigenvalue weighted by Crippen LogP contribution is -2.54. The molecule has 0 saturated carbocycles. The van der Waals surface area contributed by atoms with Crippen molar-refractivity contribution in [2.75, 3.05) is 30.7 Å². The lowest BCUT2D eigenvalue weighted by Gasteiger charge is -2.26. The number of carbonyl (C=O) groups excluding carboxylic acids is 3. The number of nitrogens with one attached hydrogen (secondary N) is 1. The van der Waals surface area contributed by atoms with Crippen molar-refractivity contribution in [1.29, 1.82) is 0 Å². The summed E-state index contributed by atoms with van der Waals surface area (Å²) in [5, 5.41) is 2.21. The third kappa shape index (κ3) is 3.44. The van der Waals surface area contributed by atoms with Crippen LogP contribution >= 0.6 is 15.9 Å². The van der Waals surface area contributed by atoms with Crippen molar-refractivity contribution in [2.45, 2.75) is 0 Å². The molecule has 2 aliphatic rings. The Morgan fingerprint density at radius 1 is 1.07 bits per heavy atom. The zero-order valence-corrected chi connectivity index (χ0v) is 17.1. The molecule has 1 N–H and O–H groups in total. The number of nitrogens with zero attached hydrogens (tertiary/aromatic N) is 2. The zero-order chi connectivity index (χ0) is 20.7. The van der Waals surface area contributed by atoms with E-state index in [9.17, 15) is 14.4 Å². The second-order valence-electron chi connectivity index (χ2n) is 6.60. The van der Waals surface area contributed by atoms with Crippen LogP contribution in [-0.4, -0.2) is 38.7 Å². The number of fused-ring (bicyclic) bond motifs is 1. The van der Waals surface area contributed by atoms with Crippen LogP contribution in [0.4, 0.5) is 16.2 Å². The SMILES string of the molecule is CN(C)c1ccc(/C=C2\C(=O)NC(=O)N(c3ccc4c(c3)OCO4)C2=O)cc1Br. The quantitative estimate of drug-likeness (QED) is 0.562. The Labute approximate surface area is 174 Å². The van der Waals surface area contributed by atoms with E-state index < -0.39 is 17.8 Å². The number of imide groups is 2. The number of urea groups is 1. The number of hydrogen-bond donors (Lipinski definition) is 1. The number of ether oxygens (including phenoxy) is 2. The average Bonchev–Trinajstić information content (AvgIpc) is 3.12. The number of hydrogen-bond acceptors (Lipinski definition) is 6. The van der Waals surface area contributed by atoms with Crippen molar-refractivity contribution < 1.29 is 23.9 Å². The van der Waals surface area contributed by atoms with Crippen LogP contribution in [0.1, 0.15) is 5.56 Å². The highest BCUT2D eigenvalue weighted by atomic mass is 79.9. The summed E-state index contributed by atoms with van der Waals surface area (Å²) in [6.45, 7) is 0.0698. The number of benzene rings is 2.